The number of para-hydroxylation sites is 1. The largest absolute Gasteiger partial charge is 0.452 e. The van der Waals surface area contributed by atoms with Crippen LogP contribution in [0.5, 0.6) is 0 Å². The standard InChI is InChI=1S/C67H40O2/c1-3-13-47(14-4-1)67(48-15-5-2-6-16-48)61-21-11-9-19-53(61)54-33-29-46(40-62(54)67)45-28-32-52-51-31-27-43(37-58(51)49-17-7-8-18-50(49)59(52)38-45)41-23-25-42(26-24-41)44-30-36-64-60(39-44)57-35-34-56-55-20-10-12-22-63(55)68-65(56)66(57)69-64/h1-40H. The summed E-state index contributed by atoms with van der Waals surface area (Å²) in [6.45, 7) is 0. The first kappa shape index (κ1) is 38.2. The lowest BCUT2D eigenvalue weighted by Gasteiger charge is -2.34. The third kappa shape index (κ3) is 5.49. The second kappa shape index (κ2) is 14.5. The molecule has 320 valence electrons. The lowest BCUT2D eigenvalue weighted by molar-refractivity contribution is 0.633. The molecule has 0 N–H and O–H groups in total. The first-order valence-electron chi connectivity index (χ1n) is 23.8. The Balaban J connectivity index is 0.811. The smallest absolute Gasteiger partial charge is 0.178 e. The highest BCUT2D eigenvalue weighted by atomic mass is 16.4. The Labute approximate surface area is 397 Å². The number of hydrogen-bond acceptors (Lipinski definition) is 2. The van der Waals surface area contributed by atoms with Crippen molar-refractivity contribution in [1.29, 1.82) is 0 Å². The van der Waals surface area contributed by atoms with Gasteiger partial charge in [0.15, 0.2) is 11.2 Å². The van der Waals surface area contributed by atoms with Gasteiger partial charge in [0.2, 0.25) is 0 Å². The quantitative estimate of drug-likeness (QED) is 0.161. The van der Waals surface area contributed by atoms with Crippen LogP contribution in [-0.2, 0) is 5.41 Å². The summed E-state index contributed by atoms with van der Waals surface area (Å²) in [4.78, 5) is 0. The van der Waals surface area contributed by atoms with E-state index >= 15 is 0 Å². The topological polar surface area (TPSA) is 26.3 Å². The van der Waals surface area contributed by atoms with Crippen molar-refractivity contribution in [2.75, 3.05) is 0 Å². The molecule has 0 atom stereocenters. The summed E-state index contributed by atoms with van der Waals surface area (Å²) in [5.74, 6) is 0. The third-order valence-corrected chi connectivity index (χ3v) is 15.2. The summed E-state index contributed by atoms with van der Waals surface area (Å²) in [5.41, 5.74) is 17.8. The fourth-order valence-electron chi connectivity index (χ4n) is 12.0. The van der Waals surface area contributed by atoms with E-state index in [0.717, 1.165) is 55.0 Å². The summed E-state index contributed by atoms with van der Waals surface area (Å²) < 4.78 is 12.8. The first-order valence-corrected chi connectivity index (χ1v) is 23.8. The van der Waals surface area contributed by atoms with E-state index in [0.29, 0.717) is 0 Å². The molecule has 0 saturated heterocycles. The molecular weight excluding hydrogens is 837 g/mol. The third-order valence-electron chi connectivity index (χ3n) is 15.2. The average Bonchev–Trinajstić information content (AvgIpc) is 4.09. The molecule has 0 saturated carbocycles. The Hall–Kier alpha value is -8.98. The van der Waals surface area contributed by atoms with Crippen LogP contribution in [0.3, 0.4) is 0 Å². The molecule has 0 amide bonds. The van der Waals surface area contributed by atoms with Gasteiger partial charge in [-0.05, 0) is 148 Å². The summed E-state index contributed by atoms with van der Waals surface area (Å²) in [5, 5.41) is 11.9. The fraction of sp³-hybridized carbons (Fsp3) is 0.0149. The summed E-state index contributed by atoms with van der Waals surface area (Å²) in [7, 11) is 0. The van der Waals surface area contributed by atoms with Gasteiger partial charge in [-0.1, -0.05) is 194 Å². The first-order chi connectivity index (χ1) is 34.2. The van der Waals surface area contributed by atoms with E-state index in [4.69, 9.17) is 8.83 Å². The molecule has 12 aromatic carbocycles. The van der Waals surface area contributed by atoms with Crippen LogP contribution in [0.25, 0.3) is 121 Å². The van der Waals surface area contributed by atoms with Crippen LogP contribution in [0, 0.1) is 0 Å². The molecule has 0 aliphatic heterocycles. The number of rotatable bonds is 5. The van der Waals surface area contributed by atoms with Crippen molar-refractivity contribution in [2.24, 2.45) is 0 Å². The van der Waals surface area contributed by atoms with E-state index in [1.807, 2.05) is 18.2 Å². The van der Waals surface area contributed by atoms with Crippen molar-refractivity contribution in [3.63, 3.8) is 0 Å². The molecule has 0 spiro atoms. The lowest BCUT2D eigenvalue weighted by Crippen LogP contribution is -2.28. The maximum atomic E-state index is 6.45. The molecule has 14 aromatic rings. The zero-order valence-corrected chi connectivity index (χ0v) is 37.4. The molecule has 2 heteroatoms. The van der Waals surface area contributed by atoms with E-state index in [1.165, 1.54) is 88.0 Å². The predicted octanol–water partition coefficient (Wildman–Crippen LogP) is 18.3. The molecular formula is C67H40O2. The number of hydrogen-bond donors (Lipinski definition) is 0. The summed E-state index contributed by atoms with van der Waals surface area (Å²) >= 11 is 0. The van der Waals surface area contributed by atoms with Crippen LogP contribution < -0.4 is 0 Å². The number of furan rings is 2. The van der Waals surface area contributed by atoms with Gasteiger partial charge in [0.25, 0.3) is 0 Å². The Morgan fingerprint density at radius 2 is 0.638 bits per heavy atom. The van der Waals surface area contributed by atoms with Crippen LogP contribution >= 0.6 is 0 Å². The van der Waals surface area contributed by atoms with Crippen LogP contribution in [0.1, 0.15) is 22.3 Å². The second-order valence-electron chi connectivity index (χ2n) is 18.7. The van der Waals surface area contributed by atoms with Crippen molar-refractivity contribution < 1.29 is 8.83 Å². The van der Waals surface area contributed by atoms with Gasteiger partial charge in [-0.25, -0.2) is 0 Å². The molecule has 1 aliphatic rings. The number of fused-ring (bicyclic) bond motifs is 16. The second-order valence-corrected chi connectivity index (χ2v) is 18.7. The Kier molecular flexibility index (Phi) is 8.02. The molecule has 0 fully saturated rings. The molecule has 69 heavy (non-hydrogen) atoms. The fourth-order valence-corrected chi connectivity index (χ4v) is 12.0. The van der Waals surface area contributed by atoms with Crippen LogP contribution in [-0.4, -0.2) is 0 Å². The van der Waals surface area contributed by atoms with Crippen LogP contribution in [0.2, 0.25) is 0 Å². The molecule has 1 aliphatic carbocycles. The average molecular weight is 877 g/mol. The molecule has 0 unspecified atom stereocenters. The maximum Gasteiger partial charge on any atom is 0.178 e. The maximum absolute atomic E-state index is 6.45. The van der Waals surface area contributed by atoms with Crippen LogP contribution in [0.4, 0.5) is 0 Å². The molecule has 2 heterocycles. The molecule has 2 nitrogen and oxygen atoms in total. The van der Waals surface area contributed by atoms with Gasteiger partial charge in [0.1, 0.15) is 11.2 Å². The Morgan fingerprint density at radius 1 is 0.232 bits per heavy atom. The SMILES string of the molecule is c1ccc(C2(c3ccccc3)c3ccccc3-c3ccc(-c4ccc5c6ccc(-c7ccc(-c8ccc9oc%10c(ccc%11c%12ccccc%12oc%11%10)c9c8)cc7)cc6c6ccccc6c5c4)cc32)cc1. The highest BCUT2D eigenvalue weighted by Gasteiger charge is 2.46. The normalized spacial score (nSPS) is 13.0. The van der Waals surface area contributed by atoms with Gasteiger partial charge >= 0.3 is 0 Å². The van der Waals surface area contributed by atoms with Gasteiger partial charge in [-0.3, -0.25) is 0 Å². The van der Waals surface area contributed by atoms with Gasteiger partial charge in [-0.15, -0.1) is 0 Å². The predicted molar refractivity (Wildman–Crippen MR) is 287 cm³/mol. The van der Waals surface area contributed by atoms with Crippen LogP contribution in [0.15, 0.2) is 251 Å². The molecule has 15 rings (SSSR count). The van der Waals surface area contributed by atoms with E-state index in [-0.39, 0.29) is 0 Å². The molecule has 2 aromatic heterocycles. The highest BCUT2D eigenvalue weighted by Crippen LogP contribution is 2.57. The zero-order chi connectivity index (χ0) is 45.2. The minimum atomic E-state index is -0.447. The van der Waals surface area contributed by atoms with Gasteiger partial charge in [0.05, 0.1) is 5.41 Å². The Morgan fingerprint density at radius 3 is 1.28 bits per heavy atom. The number of benzene rings is 12. The van der Waals surface area contributed by atoms with Crippen molar-refractivity contribution in [3.05, 3.63) is 265 Å². The lowest BCUT2D eigenvalue weighted by atomic mass is 9.67. The van der Waals surface area contributed by atoms with Crippen molar-refractivity contribution in [2.45, 2.75) is 5.41 Å². The molecule has 0 bridgehead atoms. The van der Waals surface area contributed by atoms with Gasteiger partial charge in [0, 0.05) is 21.5 Å². The Bertz CT molecular complexity index is 4340. The summed E-state index contributed by atoms with van der Waals surface area (Å²) in [6.07, 6.45) is 0. The van der Waals surface area contributed by atoms with Gasteiger partial charge < -0.3 is 8.83 Å². The van der Waals surface area contributed by atoms with Gasteiger partial charge in [-0.2, -0.15) is 0 Å². The zero-order valence-electron chi connectivity index (χ0n) is 37.4. The minimum Gasteiger partial charge on any atom is -0.452 e. The van der Waals surface area contributed by atoms with Crippen molar-refractivity contribution in [1.82, 2.24) is 0 Å². The molecule has 0 radical (unpaired) electrons. The van der Waals surface area contributed by atoms with Crippen molar-refractivity contribution >= 4 is 76.2 Å². The van der Waals surface area contributed by atoms with E-state index < -0.39 is 5.41 Å². The van der Waals surface area contributed by atoms with E-state index in [9.17, 15) is 0 Å². The highest BCUT2D eigenvalue weighted by molar-refractivity contribution is 6.26. The monoisotopic (exact) mass is 876 g/mol. The minimum absolute atomic E-state index is 0.447. The summed E-state index contributed by atoms with van der Waals surface area (Å²) in [6, 6.07) is 89.2. The van der Waals surface area contributed by atoms with E-state index in [1.54, 1.807) is 0 Å². The van der Waals surface area contributed by atoms with Crippen molar-refractivity contribution in [3.8, 4) is 44.5 Å². The van der Waals surface area contributed by atoms with E-state index in [2.05, 4.69) is 224 Å².